The van der Waals surface area contributed by atoms with E-state index < -0.39 is 17.3 Å². The predicted octanol–water partition coefficient (Wildman–Crippen LogP) is 2.75. The second-order valence-corrected chi connectivity index (χ2v) is 3.95. The van der Waals surface area contributed by atoms with Crippen LogP contribution in [-0.2, 0) is 4.74 Å². The highest BCUT2D eigenvalue weighted by molar-refractivity contribution is 6.05. The first-order chi connectivity index (χ1) is 9.54. The van der Waals surface area contributed by atoms with Gasteiger partial charge in [-0.15, -0.1) is 0 Å². The number of rotatable bonds is 2. The van der Waals surface area contributed by atoms with Crippen molar-refractivity contribution in [2.75, 3.05) is 6.61 Å². The minimum absolute atomic E-state index is 0.0840. The SMILES string of the molecule is CC.CCOC(=O)c1c(O)c(=O)[nH]c2ccc(C)cc12. The molecule has 0 saturated carbocycles. The number of carbonyl (C=O) groups excluding carboxylic acids is 1. The standard InChI is InChI=1S/C13H13NO4.C2H6/c1-3-18-13(17)10-8-6-7(2)4-5-9(8)14-12(16)11(10)15;1-2/h4-6,15H,3H2,1-2H3,(H,14,16);1-2H3. The molecule has 0 spiro atoms. The number of ether oxygens (including phenoxy) is 1. The molecule has 0 atom stereocenters. The van der Waals surface area contributed by atoms with Crippen LogP contribution < -0.4 is 5.56 Å². The van der Waals surface area contributed by atoms with Crippen LogP contribution in [0.2, 0.25) is 0 Å². The average Bonchev–Trinajstić information content (AvgIpc) is 2.43. The third-order valence-electron chi connectivity index (χ3n) is 2.62. The van der Waals surface area contributed by atoms with Gasteiger partial charge < -0.3 is 14.8 Å². The molecule has 0 radical (unpaired) electrons. The maximum absolute atomic E-state index is 11.8. The van der Waals surface area contributed by atoms with Crippen LogP contribution in [0.15, 0.2) is 23.0 Å². The number of aromatic nitrogens is 1. The number of hydrogen-bond acceptors (Lipinski definition) is 4. The van der Waals surface area contributed by atoms with Gasteiger partial charge in [0, 0.05) is 10.9 Å². The Bertz CT molecular complexity index is 673. The zero-order valence-electron chi connectivity index (χ0n) is 12.1. The molecule has 5 nitrogen and oxygen atoms in total. The van der Waals surface area contributed by atoms with Crippen molar-refractivity contribution in [2.24, 2.45) is 0 Å². The van der Waals surface area contributed by atoms with Crippen molar-refractivity contribution < 1.29 is 14.6 Å². The molecule has 0 bridgehead atoms. The molecule has 108 valence electrons. The number of benzene rings is 1. The second-order valence-electron chi connectivity index (χ2n) is 3.95. The maximum atomic E-state index is 11.8. The van der Waals surface area contributed by atoms with Gasteiger partial charge in [-0.05, 0) is 26.0 Å². The number of aromatic hydroxyl groups is 1. The van der Waals surface area contributed by atoms with Crippen molar-refractivity contribution in [1.29, 1.82) is 0 Å². The number of aryl methyl sites for hydroxylation is 1. The van der Waals surface area contributed by atoms with E-state index in [0.717, 1.165) is 5.56 Å². The summed E-state index contributed by atoms with van der Waals surface area (Å²) in [7, 11) is 0. The fourth-order valence-electron chi connectivity index (χ4n) is 1.81. The largest absolute Gasteiger partial charge is 0.502 e. The van der Waals surface area contributed by atoms with E-state index in [1.807, 2.05) is 26.8 Å². The van der Waals surface area contributed by atoms with E-state index in [9.17, 15) is 14.7 Å². The normalized spacial score (nSPS) is 9.80. The Balaban J connectivity index is 0.000000956. The van der Waals surface area contributed by atoms with Crippen molar-refractivity contribution in [2.45, 2.75) is 27.7 Å². The van der Waals surface area contributed by atoms with Crippen LogP contribution in [0.25, 0.3) is 10.9 Å². The van der Waals surface area contributed by atoms with Gasteiger partial charge in [-0.25, -0.2) is 4.79 Å². The Kier molecular flexibility index (Phi) is 5.32. The Morgan fingerprint density at radius 2 is 2.00 bits per heavy atom. The van der Waals surface area contributed by atoms with E-state index in [4.69, 9.17) is 4.74 Å². The molecule has 0 aliphatic heterocycles. The molecule has 2 rings (SSSR count). The van der Waals surface area contributed by atoms with Crippen molar-refractivity contribution >= 4 is 16.9 Å². The summed E-state index contributed by atoms with van der Waals surface area (Å²) in [5.41, 5.74) is 0.625. The molecule has 1 aromatic heterocycles. The van der Waals surface area contributed by atoms with E-state index in [2.05, 4.69) is 4.98 Å². The average molecular weight is 277 g/mol. The van der Waals surface area contributed by atoms with Gasteiger partial charge in [0.1, 0.15) is 5.56 Å². The summed E-state index contributed by atoms with van der Waals surface area (Å²) in [5.74, 6) is -1.30. The molecule has 2 aromatic rings. The smallest absolute Gasteiger partial charge is 0.342 e. The molecular weight excluding hydrogens is 258 g/mol. The number of hydrogen-bond donors (Lipinski definition) is 2. The molecule has 5 heteroatoms. The highest BCUT2D eigenvalue weighted by Gasteiger charge is 2.19. The summed E-state index contributed by atoms with van der Waals surface area (Å²) in [6.07, 6.45) is 0. The Hall–Kier alpha value is -2.30. The Morgan fingerprint density at radius 3 is 2.60 bits per heavy atom. The number of carbonyl (C=O) groups is 1. The van der Waals surface area contributed by atoms with Gasteiger partial charge in [0.25, 0.3) is 5.56 Å². The number of pyridine rings is 1. The highest BCUT2D eigenvalue weighted by Crippen LogP contribution is 2.24. The van der Waals surface area contributed by atoms with Crippen molar-refractivity contribution in [3.63, 3.8) is 0 Å². The van der Waals surface area contributed by atoms with E-state index in [1.165, 1.54) is 0 Å². The predicted molar refractivity (Wildman–Crippen MR) is 78.3 cm³/mol. The van der Waals surface area contributed by atoms with Crippen LogP contribution in [0.1, 0.15) is 36.7 Å². The third kappa shape index (κ3) is 2.99. The topological polar surface area (TPSA) is 79.4 Å². The van der Waals surface area contributed by atoms with Crippen LogP contribution in [0.3, 0.4) is 0 Å². The molecular formula is C15H19NO4. The number of aromatic amines is 1. The first-order valence-corrected chi connectivity index (χ1v) is 6.57. The van der Waals surface area contributed by atoms with Crippen LogP contribution in [0, 0.1) is 6.92 Å². The fraction of sp³-hybridized carbons (Fsp3) is 0.333. The zero-order chi connectivity index (χ0) is 15.3. The number of nitrogens with one attached hydrogen (secondary N) is 1. The lowest BCUT2D eigenvalue weighted by molar-refractivity contribution is 0.0525. The molecule has 0 aliphatic carbocycles. The first kappa shape index (κ1) is 15.8. The minimum atomic E-state index is -0.700. The quantitative estimate of drug-likeness (QED) is 0.827. The Labute approximate surface area is 117 Å². The summed E-state index contributed by atoms with van der Waals surface area (Å²) in [6.45, 7) is 7.70. The zero-order valence-corrected chi connectivity index (χ0v) is 12.1. The number of fused-ring (bicyclic) bond motifs is 1. The molecule has 0 fully saturated rings. The number of esters is 1. The second kappa shape index (κ2) is 6.75. The monoisotopic (exact) mass is 277 g/mol. The van der Waals surface area contributed by atoms with Crippen LogP contribution in [0.5, 0.6) is 5.75 Å². The summed E-state index contributed by atoms with van der Waals surface area (Å²) < 4.78 is 4.86. The first-order valence-electron chi connectivity index (χ1n) is 6.57. The lowest BCUT2D eigenvalue weighted by atomic mass is 10.1. The van der Waals surface area contributed by atoms with Gasteiger partial charge in [-0.3, -0.25) is 4.79 Å². The molecule has 0 unspecified atom stereocenters. The summed E-state index contributed by atoms with van der Waals surface area (Å²) in [5, 5.41) is 10.2. The molecule has 0 saturated heterocycles. The minimum Gasteiger partial charge on any atom is -0.502 e. The summed E-state index contributed by atoms with van der Waals surface area (Å²) >= 11 is 0. The number of H-pyrrole nitrogens is 1. The maximum Gasteiger partial charge on any atom is 0.342 e. The fourth-order valence-corrected chi connectivity index (χ4v) is 1.81. The molecule has 20 heavy (non-hydrogen) atoms. The van der Waals surface area contributed by atoms with Crippen LogP contribution >= 0.6 is 0 Å². The molecule has 0 aliphatic rings. The van der Waals surface area contributed by atoms with Crippen LogP contribution in [-0.4, -0.2) is 22.7 Å². The van der Waals surface area contributed by atoms with Crippen molar-refractivity contribution in [1.82, 2.24) is 4.98 Å². The summed E-state index contributed by atoms with van der Waals surface area (Å²) in [4.78, 5) is 25.9. The van der Waals surface area contributed by atoms with Crippen molar-refractivity contribution in [3.8, 4) is 5.75 Å². The van der Waals surface area contributed by atoms with E-state index in [-0.39, 0.29) is 12.2 Å². The van der Waals surface area contributed by atoms with Gasteiger partial charge in [0.15, 0.2) is 5.75 Å². The van der Waals surface area contributed by atoms with Gasteiger partial charge in [-0.2, -0.15) is 0 Å². The van der Waals surface area contributed by atoms with E-state index >= 15 is 0 Å². The van der Waals surface area contributed by atoms with Gasteiger partial charge in [0.2, 0.25) is 0 Å². The highest BCUT2D eigenvalue weighted by atomic mass is 16.5. The lowest BCUT2D eigenvalue weighted by Gasteiger charge is -2.08. The molecule has 2 N–H and O–H groups in total. The van der Waals surface area contributed by atoms with Crippen molar-refractivity contribution in [3.05, 3.63) is 39.7 Å². The summed E-state index contributed by atoms with van der Waals surface area (Å²) in [6, 6.07) is 5.22. The Morgan fingerprint density at radius 1 is 1.35 bits per heavy atom. The van der Waals surface area contributed by atoms with Crippen LogP contribution in [0.4, 0.5) is 0 Å². The van der Waals surface area contributed by atoms with E-state index in [1.54, 1.807) is 19.1 Å². The van der Waals surface area contributed by atoms with Gasteiger partial charge in [0.05, 0.1) is 6.61 Å². The van der Waals surface area contributed by atoms with Gasteiger partial charge in [-0.1, -0.05) is 25.5 Å². The third-order valence-corrected chi connectivity index (χ3v) is 2.62. The lowest BCUT2D eigenvalue weighted by Crippen LogP contribution is -2.14. The molecule has 1 heterocycles. The van der Waals surface area contributed by atoms with Gasteiger partial charge >= 0.3 is 5.97 Å². The molecule has 1 aromatic carbocycles. The molecule has 0 amide bonds. The van der Waals surface area contributed by atoms with E-state index in [0.29, 0.717) is 10.9 Å².